The van der Waals surface area contributed by atoms with Crippen LogP contribution in [0.25, 0.3) is 22.2 Å². The van der Waals surface area contributed by atoms with E-state index in [2.05, 4.69) is 9.97 Å². The molecule has 31 heavy (non-hydrogen) atoms. The van der Waals surface area contributed by atoms with Gasteiger partial charge in [-0.2, -0.15) is 0 Å². The number of hydrogen-bond acceptors (Lipinski definition) is 3. The third-order valence-electron chi connectivity index (χ3n) is 4.44. The Hall–Kier alpha value is -3.10. The monoisotopic (exact) mass is 468 g/mol. The van der Waals surface area contributed by atoms with Crippen LogP contribution in [0, 0.1) is 29.1 Å². The minimum absolute atomic E-state index is 0.0329. The van der Waals surface area contributed by atoms with Gasteiger partial charge in [0.1, 0.15) is 5.69 Å². The number of benzene rings is 2. The summed E-state index contributed by atoms with van der Waals surface area (Å²) in [7, 11) is 0. The van der Waals surface area contributed by atoms with Gasteiger partial charge in [-0.3, -0.25) is 9.78 Å². The molecule has 4 rings (SSSR count). The number of carbonyl (C=O) groups is 1. The first-order valence-electron chi connectivity index (χ1n) is 8.48. The summed E-state index contributed by atoms with van der Waals surface area (Å²) in [6.45, 7) is 0. The van der Waals surface area contributed by atoms with Crippen molar-refractivity contribution in [3.05, 3.63) is 93.0 Å². The number of halogens is 7. The molecule has 2 aromatic carbocycles. The predicted octanol–water partition coefficient (Wildman–Crippen LogP) is 6.53. The molecule has 0 aliphatic heterocycles. The highest BCUT2D eigenvalue weighted by molar-refractivity contribution is 6.39. The van der Waals surface area contributed by atoms with Gasteiger partial charge in [0.25, 0.3) is 0 Å². The van der Waals surface area contributed by atoms with Crippen molar-refractivity contribution >= 4 is 39.9 Å². The van der Waals surface area contributed by atoms with Crippen LogP contribution in [-0.2, 0) is 0 Å². The van der Waals surface area contributed by atoms with E-state index in [-0.39, 0.29) is 32.2 Å². The minimum Gasteiger partial charge on any atom is -0.287 e. The molecular formula is C21H7Cl2F5N2O. The number of rotatable bonds is 3. The Morgan fingerprint density at radius 1 is 0.839 bits per heavy atom. The molecule has 0 fully saturated rings. The smallest absolute Gasteiger partial charge is 0.212 e. The normalized spacial score (nSPS) is 11.2. The van der Waals surface area contributed by atoms with Crippen molar-refractivity contribution in [2.45, 2.75) is 0 Å². The number of aromatic nitrogens is 2. The zero-order valence-electron chi connectivity index (χ0n) is 15.0. The van der Waals surface area contributed by atoms with Crippen LogP contribution in [0.4, 0.5) is 22.0 Å². The van der Waals surface area contributed by atoms with Gasteiger partial charge in [0.2, 0.25) is 11.6 Å². The summed E-state index contributed by atoms with van der Waals surface area (Å²) < 4.78 is 69.7. The Kier molecular flexibility index (Phi) is 5.36. The van der Waals surface area contributed by atoms with Crippen LogP contribution in [0.2, 0.25) is 10.0 Å². The maximum atomic E-state index is 14.4. The average molecular weight is 469 g/mol. The summed E-state index contributed by atoms with van der Waals surface area (Å²) in [5.41, 5.74) is -2.31. The molecule has 10 heteroatoms. The second-order valence-electron chi connectivity index (χ2n) is 6.33. The van der Waals surface area contributed by atoms with Crippen molar-refractivity contribution < 1.29 is 26.7 Å². The average Bonchev–Trinajstić information content (AvgIpc) is 2.76. The molecule has 0 unspecified atom stereocenters. The molecule has 0 aliphatic carbocycles. The first-order chi connectivity index (χ1) is 14.7. The van der Waals surface area contributed by atoms with E-state index in [9.17, 15) is 26.7 Å². The standard InChI is InChI=1S/C21H7Cl2F5N2O/c22-8-5-9-10(21(31)12-3-1-2-4-29-12)7-13(30-20(9)11(23)6-8)14-15(24)17(26)19(28)18(27)16(14)25/h1-7H. The molecule has 0 radical (unpaired) electrons. The highest BCUT2D eigenvalue weighted by Gasteiger charge is 2.29. The van der Waals surface area contributed by atoms with Crippen LogP contribution >= 0.6 is 23.2 Å². The van der Waals surface area contributed by atoms with Crippen molar-refractivity contribution in [1.29, 1.82) is 0 Å². The van der Waals surface area contributed by atoms with Gasteiger partial charge >= 0.3 is 0 Å². The van der Waals surface area contributed by atoms with Crippen LogP contribution < -0.4 is 0 Å². The molecule has 2 aromatic heterocycles. The van der Waals surface area contributed by atoms with Gasteiger partial charge in [-0.1, -0.05) is 29.3 Å². The summed E-state index contributed by atoms with van der Waals surface area (Å²) in [5.74, 6) is -11.5. The van der Waals surface area contributed by atoms with Crippen molar-refractivity contribution in [2.75, 3.05) is 0 Å². The Balaban J connectivity index is 2.10. The fourth-order valence-electron chi connectivity index (χ4n) is 3.03. The number of pyridine rings is 2. The SMILES string of the molecule is O=C(c1ccccn1)c1cc(-c2c(F)c(F)c(F)c(F)c2F)nc2c(Cl)cc(Cl)cc12. The molecule has 0 spiro atoms. The largest absolute Gasteiger partial charge is 0.287 e. The number of ketones is 1. The van der Waals surface area contributed by atoms with Gasteiger partial charge in [0.15, 0.2) is 23.3 Å². The van der Waals surface area contributed by atoms with Gasteiger partial charge in [0, 0.05) is 22.2 Å². The fourth-order valence-corrected chi connectivity index (χ4v) is 3.57. The molecule has 0 saturated heterocycles. The first kappa shape index (κ1) is 21.1. The lowest BCUT2D eigenvalue weighted by Gasteiger charge is -2.13. The third kappa shape index (κ3) is 3.51. The van der Waals surface area contributed by atoms with E-state index >= 15 is 0 Å². The lowest BCUT2D eigenvalue weighted by atomic mass is 9.98. The van der Waals surface area contributed by atoms with Crippen LogP contribution in [0.15, 0.2) is 42.6 Å². The Labute approximate surface area is 181 Å². The summed E-state index contributed by atoms with van der Waals surface area (Å²) in [6.07, 6.45) is 1.35. The fraction of sp³-hybridized carbons (Fsp3) is 0. The highest BCUT2D eigenvalue weighted by Crippen LogP contribution is 2.36. The summed E-state index contributed by atoms with van der Waals surface area (Å²) >= 11 is 12.2. The molecule has 2 heterocycles. The second kappa shape index (κ2) is 7.86. The zero-order chi connectivity index (χ0) is 22.4. The summed E-state index contributed by atoms with van der Waals surface area (Å²) in [4.78, 5) is 20.9. The van der Waals surface area contributed by atoms with Gasteiger partial charge in [0.05, 0.1) is 21.8 Å². The topological polar surface area (TPSA) is 42.9 Å². The predicted molar refractivity (Wildman–Crippen MR) is 105 cm³/mol. The molecule has 156 valence electrons. The third-order valence-corrected chi connectivity index (χ3v) is 4.95. The Morgan fingerprint density at radius 3 is 2.10 bits per heavy atom. The first-order valence-corrected chi connectivity index (χ1v) is 9.23. The number of nitrogens with zero attached hydrogens (tertiary/aromatic N) is 2. The zero-order valence-corrected chi connectivity index (χ0v) is 16.5. The highest BCUT2D eigenvalue weighted by atomic mass is 35.5. The van der Waals surface area contributed by atoms with Crippen LogP contribution in [-0.4, -0.2) is 15.8 Å². The van der Waals surface area contributed by atoms with Crippen molar-refractivity contribution in [3.63, 3.8) is 0 Å². The molecule has 3 nitrogen and oxygen atoms in total. The quantitative estimate of drug-likeness (QED) is 0.148. The van der Waals surface area contributed by atoms with E-state index in [0.717, 1.165) is 6.07 Å². The molecular weight excluding hydrogens is 462 g/mol. The van der Waals surface area contributed by atoms with E-state index in [1.807, 2.05) is 0 Å². The van der Waals surface area contributed by atoms with Crippen LogP contribution in [0.5, 0.6) is 0 Å². The second-order valence-corrected chi connectivity index (χ2v) is 7.17. The molecule has 0 atom stereocenters. The van der Waals surface area contributed by atoms with Crippen molar-refractivity contribution in [3.8, 4) is 11.3 Å². The lowest BCUT2D eigenvalue weighted by Crippen LogP contribution is -2.08. The van der Waals surface area contributed by atoms with E-state index in [0.29, 0.717) is 0 Å². The minimum atomic E-state index is -2.31. The number of fused-ring (bicyclic) bond motifs is 1. The lowest BCUT2D eigenvalue weighted by molar-refractivity contribution is 0.103. The molecule has 0 amide bonds. The number of carbonyl (C=O) groups excluding carboxylic acids is 1. The summed E-state index contributed by atoms with van der Waals surface area (Å²) in [6, 6.07) is 8.00. The van der Waals surface area contributed by atoms with Crippen molar-refractivity contribution in [2.24, 2.45) is 0 Å². The van der Waals surface area contributed by atoms with Gasteiger partial charge in [-0.05, 0) is 30.3 Å². The maximum Gasteiger partial charge on any atom is 0.212 e. The van der Waals surface area contributed by atoms with Gasteiger partial charge in [-0.25, -0.2) is 26.9 Å². The van der Waals surface area contributed by atoms with E-state index < -0.39 is 46.1 Å². The Bertz CT molecular complexity index is 1350. The van der Waals surface area contributed by atoms with Crippen LogP contribution in [0.3, 0.4) is 0 Å². The molecule has 0 N–H and O–H groups in total. The van der Waals surface area contributed by atoms with Gasteiger partial charge < -0.3 is 0 Å². The number of hydrogen-bond donors (Lipinski definition) is 0. The molecule has 0 aliphatic rings. The van der Waals surface area contributed by atoms with Gasteiger partial charge in [-0.15, -0.1) is 0 Å². The van der Waals surface area contributed by atoms with E-state index in [1.165, 1.54) is 30.5 Å². The maximum absolute atomic E-state index is 14.4. The molecule has 0 bridgehead atoms. The van der Waals surface area contributed by atoms with E-state index in [4.69, 9.17) is 23.2 Å². The summed E-state index contributed by atoms with van der Waals surface area (Å²) in [5, 5.41) is 0.155. The molecule has 0 saturated carbocycles. The molecule has 4 aromatic rings. The van der Waals surface area contributed by atoms with Crippen molar-refractivity contribution in [1.82, 2.24) is 9.97 Å². The van der Waals surface area contributed by atoms with E-state index in [1.54, 1.807) is 6.07 Å². The Morgan fingerprint density at radius 2 is 1.48 bits per heavy atom. The van der Waals surface area contributed by atoms with Crippen LogP contribution in [0.1, 0.15) is 16.1 Å².